The average Bonchev–Trinajstić information content (AvgIpc) is 3.13. The SMILES string of the molecule is CN(C)CCOc1ccc(NC(=C2C(=O)Nc3cc(C(=O)O)ccc32)c2ccccc2)cc1. The van der Waals surface area contributed by atoms with Crippen molar-refractivity contribution in [2.45, 2.75) is 0 Å². The van der Waals surface area contributed by atoms with Crippen LogP contribution in [0.2, 0.25) is 0 Å². The van der Waals surface area contributed by atoms with Gasteiger partial charge in [0.25, 0.3) is 5.91 Å². The number of anilines is 2. The molecule has 168 valence electrons. The van der Waals surface area contributed by atoms with Crippen LogP contribution >= 0.6 is 0 Å². The third kappa shape index (κ3) is 5.05. The van der Waals surface area contributed by atoms with Crippen LogP contribution in [0.3, 0.4) is 0 Å². The minimum atomic E-state index is -1.04. The number of carbonyl (C=O) groups is 2. The minimum Gasteiger partial charge on any atom is -0.492 e. The average molecular weight is 444 g/mol. The van der Waals surface area contributed by atoms with Crippen molar-refractivity contribution in [1.82, 2.24) is 4.90 Å². The minimum absolute atomic E-state index is 0.120. The number of carboxylic acids is 1. The van der Waals surface area contributed by atoms with E-state index in [9.17, 15) is 14.7 Å². The number of carbonyl (C=O) groups excluding carboxylic acids is 1. The molecule has 1 heterocycles. The molecule has 0 fully saturated rings. The number of hydrogen-bond donors (Lipinski definition) is 3. The summed E-state index contributed by atoms with van der Waals surface area (Å²) in [6.07, 6.45) is 0. The van der Waals surface area contributed by atoms with Gasteiger partial charge in [-0.05, 0) is 56.1 Å². The summed E-state index contributed by atoms with van der Waals surface area (Å²) < 4.78 is 5.76. The Bertz CT molecular complexity index is 1200. The van der Waals surface area contributed by atoms with Gasteiger partial charge in [-0.15, -0.1) is 0 Å². The van der Waals surface area contributed by atoms with Gasteiger partial charge in [-0.2, -0.15) is 0 Å². The van der Waals surface area contributed by atoms with E-state index in [0.717, 1.165) is 23.5 Å². The lowest BCUT2D eigenvalue weighted by Gasteiger charge is -2.16. The zero-order valence-corrected chi connectivity index (χ0v) is 18.5. The van der Waals surface area contributed by atoms with Crippen molar-refractivity contribution in [2.24, 2.45) is 0 Å². The number of likely N-dealkylation sites (N-methyl/N-ethyl adjacent to an activating group) is 1. The summed E-state index contributed by atoms with van der Waals surface area (Å²) in [6.45, 7) is 1.41. The van der Waals surface area contributed by atoms with Gasteiger partial charge in [-0.1, -0.05) is 36.4 Å². The van der Waals surface area contributed by atoms with Gasteiger partial charge in [0, 0.05) is 17.8 Å². The highest BCUT2D eigenvalue weighted by Crippen LogP contribution is 2.38. The van der Waals surface area contributed by atoms with Gasteiger partial charge >= 0.3 is 5.97 Å². The number of amides is 1. The molecule has 3 aromatic rings. The Balaban J connectivity index is 1.69. The zero-order chi connectivity index (χ0) is 23.4. The first-order valence-corrected chi connectivity index (χ1v) is 10.6. The van der Waals surface area contributed by atoms with Crippen LogP contribution in [0.15, 0.2) is 72.8 Å². The molecule has 7 heteroatoms. The fraction of sp³-hybridized carbons (Fsp3) is 0.154. The van der Waals surface area contributed by atoms with E-state index in [1.54, 1.807) is 6.07 Å². The van der Waals surface area contributed by atoms with E-state index >= 15 is 0 Å². The molecule has 3 aromatic carbocycles. The summed E-state index contributed by atoms with van der Waals surface area (Å²) >= 11 is 0. The molecule has 0 aliphatic carbocycles. The van der Waals surface area contributed by atoms with E-state index in [1.165, 1.54) is 12.1 Å². The maximum atomic E-state index is 13.0. The topological polar surface area (TPSA) is 90.9 Å². The summed E-state index contributed by atoms with van der Waals surface area (Å²) in [6, 6.07) is 21.8. The molecule has 0 bridgehead atoms. The Kier molecular flexibility index (Phi) is 6.42. The Hall–Kier alpha value is -4.10. The lowest BCUT2D eigenvalue weighted by molar-refractivity contribution is -0.110. The van der Waals surface area contributed by atoms with Crippen LogP contribution < -0.4 is 15.4 Å². The van der Waals surface area contributed by atoms with Crippen molar-refractivity contribution < 1.29 is 19.4 Å². The third-order valence-electron chi connectivity index (χ3n) is 5.25. The van der Waals surface area contributed by atoms with Crippen LogP contribution in [0, 0.1) is 0 Å². The van der Waals surface area contributed by atoms with Crippen LogP contribution in [0.5, 0.6) is 5.75 Å². The number of ether oxygens (including phenoxy) is 1. The second kappa shape index (κ2) is 9.58. The molecule has 1 aliphatic heterocycles. The molecule has 0 atom stereocenters. The zero-order valence-electron chi connectivity index (χ0n) is 18.5. The second-order valence-corrected chi connectivity index (χ2v) is 7.94. The van der Waals surface area contributed by atoms with Gasteiger partial charge in [-0.25, -0.2) is 4.79 Å². The number of carboxylic acid groups (broad SMARTS) is 1. The maximum absolute atomic E-state index is 13.0. The molecule has 1 aliphatic rings. The number of benzene rings is 3. The van der Waals surface area contributed by atoms with Crippen molar-refractivity contribution in [3.63, 3.8) is 0 Å². The normalized spacial score (nSPS) is 14.0. The molecule has 0 aromatic heterocycles. The van der Waals surface area contributed by atoms with Gasteiger partial charge in [0.15, 0.2) is 0 Å². The Morgan fingerprint density at radius 2 is 1.73 bits per heavy atom. The highest BCUT2D eigenvalue weighted by molar-refractivity contribution is 6.37. The van der Waals surface area contributed by atoms with Crippen molar-refractivity contribution in [3.8, 4) is 5.75 Å². The predicted octanol–water partition coefficient (Wildman–Crippen LogP) is 4.26. The Morgan fingerprint density at radius 1 is 1.00 bits per heavy atom. The maximum Gasteiger partial charge on any atom is 0.335 e. The van der Waals surface area contributed by atoms with Crippen LogP contribution in [0.25, 0.3) is 11.3 Å². The quantitative estimate of drug-likeness (QED) is 0.451. The second-order valence-electron chi connectivity index (χ2n) is 7.94. The number of fused-ring (bicyclic) bond motifs is 1. The number of rotatable bonds is 8. The van der Waals surface area contributed by atoms with E-state index < -0.39 is 5.97 Å². The molecule has 0 spiro atoms. The van der Waals surface area contributed by atoms with E-state index in [1.807, 2.05) is 68.7 Å². The summed E-state index contributed by atoms with van der Waals surface area (Å²) in [5.74, 6) is -0.567. The van der Waals surface area contributed by atoms with Crippen molar-refractivity contribution >= 4 is 34.5 Å². The highest BCUT2D eigenvalue weighted by atomic mass is 16.5. The van der Waals surface area contributed by atoms with E-state index in [4.69, 9.17) is 4.74 Å². The molecule has 33 heavy (non-hydrogen) atoms. The molecule has 0 radical (unpaired) electrons. The van der Waals surface area contributed by atoms with Crippen molar-refractivity contribution in [3.05, 3.63) is 89.5 Å². The third-order valence-corrected chi connectivity index (χ3v) is 5.25. The smallest absolute Gasteiger partial charge is 0.335 e. The van der Waals surface area contributed by atoms with Gasteiger partial charge < -0.3 is 25.4 Å². The Morgan fingerprint density at radius 3 is 2.39 bits per heavy atom. The summed E-state index contributed by atoms with van der Waals surface area (Å²) in [5.41, 5.74) is 3.98. The summed E-state index contributed by atoms with van der Waals surface area (Å²) in [5, 5.41) is 15.5. The Labute approximate surface area is 192 Å². The van der Waals surface area contributed by atoms with Gasteiger partial charge in [-0.3, -0.25) is 4.79 Å². The van der Waals surface area contributed by atoms with Crippen LogP contribution in [0.4, 0.5) is 11.4 Å². The fourth-order valence-electron chi connectivity index (χ4n) is 3.56. The molecule has 3 N–H and O–H groups in total. The van der Waals surface area contributed by atoms with Crippen molar-refractivity contribution in [2.75, 3.05) is 37.9 Å². The van der Waals surface area contributed by atoms with Crippen molar-refractivity contribution in [1.29, 1.82) is 0 Å². The predicted molar refractivity (Wildman–Crippen MR) is 129 cm³/mol. The van der Waals surface area contributed by atoms with Gasteiger partial charge in [0.2, 0.25) is 0 Å². The van der Waals surface area contributed by atoms with E-state index in [-0.39, 0.29) is 11.5 Å². The molecule has 4 rings (SSSR count). The van der Waals surface area contributed by atoms with E-state index in [0.29, 0.717) is 29.1 Å². The first-order valence-electron chi connectivity index (χ1n) is 10.6. The van der Waals surface area contributed by atoms with Crippen LogP contribution in [0.1, 0.15) is 21.5 Å². The number of nitrogens with zero attached hydrogens (tertiary/aromatic N) is 1. The summed E-state index contributed by atoms with van der Waals surface area (Å²) in [4.78, 5) is 26.4. The number of aromatic carboxylic acids is 1. The number of hydrogen-bond acceptors (Lipinski definition) is 5. The fourth-order valence-corrected chi connectivity index (χ4v) is 3.56. The van der Waals surface area contributed by atoms with Gasteiger partial charge in [0.1, 0.15) is 12.4 Å². The van der Waals surface area contributed by atoms with Crippen LogP contribution in [-0.4, -0.2) is 49.1 Å². The molecule has 0 saturated heterocycles. The monoisotopic (exact) mass is 443 g/mol. The standard InChI is InChI=1S/C26H25N3O4/c1-29(2)14-15-33-20-11-9-19(10-12-20)27-24(17-6-4-3-5-7-17)23-21-13-8-18(26(31)32)16-22(21)28-25(23)30/h3-13,16,27H,14-15H2,1-2H3,(H,28,30)(H,31,32). The van der Waals surface area contributed by atoms with Crippen LogP contribution in [-0.2, 0) is 4.79 Å². The lowest BCUT2D eigenvalue weighted by atomic mass is 9.99. The first-order chi connectivity index (χ1) is 15.9. The molecule has 7 nitrogen and oxygen atoms in total. The summed E-state index contributed by atoms with van der Waals surface area (Å²) in [7, 11) is 3.99. The van der Waals surface area contributed by atoms with E-state index in [2.05, 4.69) is 15.5 Å². The molecule has 0 saturated carbocycles. The largest absolute Gasteiger partial charge is 0.492 e. The van der Waals surface area contributed by atoms with Gasteiger partial charge in [0.05, 0.1) is 22.5 Å². The first kappa shape index (κ1) is 22.1. The molecule has 0 unspecified atom stereocenters. The molecular weight excluding hydrogens is 418 g/mol. The highest BCUT2D eigenvalue weighted by Gasteiger charge is 2.29. The molecular formula is C26H25N3O4. The lowest BCUT2D eigenvalue weighted by Crippen LogP contribution is -2.19. The molecule has 1 amide bonds. The number of nitrogens with one attached hydrogen (secondary N) is 2.